The zero-order valence-electron chi connectivity index (χ0n) is 15.4. The van der Waals surface area contributed by atoms with Gasteiger partial charge in [0.2, 0.25) is 5.91 Å². The molecule has 0 heterocycles. The van der Waals surface area contributed by atoms with Crippen molar-refractivity contribution >= 4 is 5.91 Å². The molecule has 2 heteroatoms. The molecule has 3 unspecified atom stereocenters. The first-order chi connectivity index (χ1) is 11.4. The minimum atomic E-state index is -0.0988. The molecule has 0 radical (unpaired) electrons. The van der Waals surface area contributed by atoms with Gasteiger partial charge >= 0.3 is 0 Å². The van der Waals surface area contributed by atoms with Crippen LogP contribution in [0.25, 0.3) is 0 Å². The number of hydrogen-bond donors (Lipinski definition) is 1. The minimum absolute atomic E-state index is 0.0988. The van der Waals surface area contributed by atoms with Crippen LogP contribution in [-0.4, -0.2) is 11.9 Å². The highest BCUT2D eigenvalue weighted by molar-refractivity contribution is 5.83. The van der Waals surface area contributed by atoms with E-state index in [-0.39, 0.29) is 10.8 Å². The fraction of sp³-hybridized carbons (Fsp3) is 0.682. The van der Waals surface area contributed by atoms with Crippen LogP contribution >= 0.6 is 0 Å². The molecule has 0 aromatic heterocycles. The van der Waals surface area contributed by atoms with Gasteiger partial charge in [0.25, 0.3) is 0 Å². The molecule has 4 saturated carbocycles. The Balaban J connectivity index is 1.67. The Labute approximate surface area is 146 Å². The van der Waals surface area contributed by atoms with Crippen molar-refractivity contribution in [1.82, 2.24) is 5.32 Å². The maximum absolute atomic E-state index is 13.2. The van der Waals surface area contributed by atoms with Crippen LogP contribution < -0.4 is 5.32 Å². The Morgan fingerprint density at radius 2 is 1.79 bits per heavy atom. The van der Waals surface area contributed by atoms with E-state index < -0.39 is 0 Å². The van der Waals surface area contributed by atoms with Gasteiger partial charge in [-0.15, -0.1) is 0 Å². The quantitative estimate of drug-likeness (QED) is 0.850. The number of nitrogens with one attached hydrogen (secondary N) is 1. The summed E-state index contributed by atoms with van der Waals surface area (Å²) < 4.78 is 0. The van der Waals surface area contributed by atoms with Gasteiger partial charge in [-0.2, -0.15) is 0 Å². The summed E-state index contributed by atoms with van der Waals surface area (Å²) in [6.07, 6.45) is 8.27. The molecule has 0 aliphatic heterocycles. The number of rotatable bonds is 4. The number of hydrogen-bond acceptors (Lipinski definition) is 1. The molecule has 2 nitrogen and oxygen atoms in total. The van der Waals surface area contributed by atoms with Crippen LogP contribution in [0.3, 0.4) is 0 Å². The first-order valence-corrected chi connectivity index (χ1v) is 9.83. The fourth-order valence-corrected chi connectivity index (χ4v) is 6.25. The van der Waals surface area contributed by atoms with Crippen LogP contribution in [0.5, 0.6) is 0 Å². The Morgan fingerprint density at radius 1 is 1.17 bits per heavy atom. The van der Waals surface area contributed by atoms with Crippen LogP contribution in [-0.2, 0) is 10.2 Å². The molecule has 1 aromatic carbocycles. The summed E-state index contributed by atoms with van der Waals surface area (Å²) in [5, 5.41) is 3.33. The van der Waals surface area contributed by atoms with Crippen LogP contribution in [0.2, 0.25) is 0 Å². The summed E-state index contributed by atoms with van der Waals surface area (Å²) in [7, 11) is 0. The molecule has 0 spiro atoms. The number of carbonyl (C=O) groups is 1. The molecule has 5 rings (SSSR count). The van der Waals surface area contributed by atoms with E-state index in [0.717, 1.165) is 37.5 Å². The second-order valence-electron chi connectivity index (χ2n) is 9.17. The SMILES string of the molecule is CCC(C)NC(=O)C12CC3CC(C1)CC(c1ccc(C)cc1)(C3)C2. The maximum Gasteiger partial charge on any atom is 0.226 e. The van der Waals surface area contributed by atoms with Crippen molar-refractivity contribution in [3.05, 3.63) is 35.4 Å². The third-order valence-corrected chi connectivity index (χ3v) is 7.20. The summed E-state index contributed by atoms with van der Waals surface area (Å²) in [5.74, 6) is 1.84. The van der Waals surface area contributed by atoms with E-state index in [1.807, 2.05) is 0 Å². The highest BCUT2D eigenvalue weighted by Gasteiger charge is 2.60. The van der Waals surface area contributed by atoms with Crippen LogP contribution in [0.15, 0.2) is 24.3 Å². The number of amides is 1. The number of carbonyl (C=O) groups excluding carboxylic acids is 1. The molecular formula is C22H31NO. The highest BCUT2D eigenvalue weighted by atomic mass is 16.2. The summed E-state index contributed by atoms with van der Waals surface area (Å²) in [6, 6.07) is 9.46. The van der Waals surface area contributed by atoms with Gasteiger partial charge in [-0.05, 0) is 81.6 Å². The Kier molecular flexibility index (Phi) is 3.78. The van der Waals surface area contributed by atoms with Crippen LogP contribution in [0, 0.1) is 24.2 Å². The molecular weight excluding hydrogens is 294 g/mol. The van der Waals surface area contributed by atoms with E-state index in [9.17, 15) is 4.79 Å². The van der Waals surface area contributed by atoms with Gasteiger partial charge in [0, 0.05) is 6.04 Å². The normalized spacial score (nSPS) is 38.1. The lowest BCUT2D eigenvalue weighted by Gasteiger charge is -2.61. The first-order valence-electron chi connectivity index (χ1n) is 9.83. The summed E-state index contributed by atoms with van der Waals surface area (Å²) in [6.45, 7) is 6.44. The number of benzene rings is 1. The molecule has 4 fully saturated rings. The molecule has 1 N–H and O–H groups in total. The van der Waals surface area contributed by atoms with Gasteiger partial charge < -0.3 is 5.32 Å². The second-order valence-corrected chi connectivity index (χ2v) is 9.17. The Hall–Kier alpha value is -1.31. The second kappa shape index (κ2) is 5.61. The van der Waals surface area contributed by atoms with Gasteiger partial charge in [-0.1, -0.05) is 36.8 Å². The molecule has 3 atom stereocenters. The van der Waals surface area contributed by atoms with Gasteiger partial charge in [-0.3, -0.25) is 4.79 Å². The van der Waals surface area contributed by atoms with Gasteiger partial charge in [0.15, 0.2) is 0 Å². The third kappa shape index (κ3) is 2.50. The molecule has 0 saturated heterocycles. The van der Waals surface area contributed by atoms with Crippen LogP contribution in [0.1, 0.15) is 69.9 Å². The first kappa shape index (κ1) is 16.2. The van der Waals surface area contributed by atoms with Crippen molar-refractivity contribution in [1.29, 1.82) is 0 Å². The van der Waals surface area contributed by atoms with Gasteiger partial charge in [0.05, 0.1) is 5.41 Å². The standard InChI is InChI=1S/C22H31NO/c1-4-16(3)23-20(24)22-12-17-9-18(13-22)11-21(10-17,14-22)19-7-5-15(2)6-8-19/h5-8,16-18H,4,9-14H2,1-3H3,(H,23,24). The molecule has 4 bridgehead atoms. The largest absolute Gasteiger partial charge is 0.353 e. The number of aryl methyl sites for hydroxylation is 1. The highest BCUT2D eigenvalue weighted by Crippen LogP contribution is 2.65. The minimum Gasteiger partial charge on any atom is -0.353 e. The topological polar surface area (TPSA) is 29.1 Å². The van der Waals surface area contributed by atoms with Crippen molar-refractivity contribution in [2.75, 3.05) is 0 Å². The van der Waals surface area contributed by atoms with E-state index >= 15 is 0 Å². The van der Waals surface area contributed by atoms with E-state index in [4.69, 9.17) is 0 Å². The van der Waals surface area contributed by atoms with Gasteiger partial charge in [0.1, 0.15) is 0 Å². The maximum atomic E-state index is 13.2. The fourth-order valence-electron chi connectivity index (χ4n) is 6.25. The van der Waals surface area contributed by atoms with Crippen molar-refractivity contribution < 1.29 is 4.79 Å². The zero-order chi connectivity index (χ0) is 16.9. The van der Waals surface area contributed by atoms with Gasteiger partial charge in [-0.25, -0.2) is 0 Å². The lowest BCUT2D eigenvalue weighted by atomic mass is 9.42. The third-order valence-electron chi connectivity index (χ3n) is 7.20. The molecule has 1 aromatic rings. The molecule has 4 aliphatic carbocycles. The van der Waals surface area contributed by atoms with E-state index in [1.54, 1.807) is 0 Å². The van der Waals surface area contributed by atoms with Crippen molar-refractivity contribution in [2.24, 2.45) is 17.3 Å². The summed E-state index contributed by atoms with van der Waals surface area (Å²) >= 11 is 0. The van der Waals surface area contributed by atoms with Crippen molar-refractivity contribution in [3.63, 3.8) is 0 Å². The van der Waals surface area contributed by atoms with E-state index in [2.05, 4.69) is 50.4 Å². The van der Waals surface area contributed by atoms with Crippen molar-refractivity contribution in [3.8, 4) is 0 Å². The smallest absolute Gasteiger partial charge is 0.226 e. The average Bonchev–Trinajstić information content (AvgIpc) is 2.54. The molecule has 4 aliphatic rings. The molecule has 130 valence electrons. The zero-order valence-corrected chi connectivity index (χ0v) is 15.4. The predicted molar refractivity (Wildman–Crippen MR) is 97.9 cm³/mol. The lowest BCUT2D eigenvalue weighted by molar-refractivity contribution is -0.149. The Morgan fingerprint density at radius 3 is 2.38 bits per heavy atom. The molecule has 24 heavy (non-hydrogen) atoms. The predicted octanol–water partition coefficient (Wildman–Crippen LogP) is 4.75. The Bertz CT molecular complexity index is 618. The molecule has 1 amide bonds. The monoisotopic (exact) mass is 325 g/mol. The van der Waals surface area contributed by atoms with Crippen LogP contribution in [0.4, 0.5) is 0 Å². The van der Waals surface area contributed by atoms with E-state index in [0.29, 0.717) is 11.9 Å². The van der Waals surface area contributed by atoms with E-state index in [1.165, 1.54) is 30.4 Å². The van der Waals surface area contributed by atoms with Crippen molar-refractivity contribution in [2.45, 2.75) is 77.2 Å². The summed E-state index contributed by atoms with van der Waals surface area (Å²) in [5.41, 5.74) is 2.97. The lowest BCUT2D eigenvalue weighted by Crippen LogP contribution is -2.59. The average molecular weight is 325 g/mol. The summed E-state index contributed by atoms with van der Waals surface area (Å²) in [4.78, 5) is 13.2.